The fourth-order valence-electron chi connectivity index (χ4n) is 6.82. The Balaban J connectivity index is 0.000000457. The molecule has 3 heterocycles. The maximum Gasteiger partial charge on any atom is 0.368 e. The standard InChI is InChI=1S/C51H35O3.3ClHO4/c1-7-19-36(20-8-1)46-31-42(32-47(52-46)37-21-9-2-10-22-37)44-35-45(51(41-29-17-6-18-30-41)54-50(44)40-27-15-5-16-28-40)43-33-48(38-23-11-3-12-24-38)53-49(34-43)39-25-13-4-14-26-39;3*2-1(3,4)5/h1-35H;3*(H,2,3,4,5)/q+3;;;/p-3. The van der Waals surface area contributed by atoms with Crippen molar-refractivity contribution >= 4 is 0 Å². The first-order valence-corrected chi connectivity index (χ1v) is 23.6. The van der Waals surface area contributed by atoms with Crippen molar-refractivity contribution in [3.63, 3.8) is 0 Å². The van der Waals surface area contributed by atoms with E-state index in [0.717, 1.165) is 90.2 Å². The molecule has 0 aliphatic heterocycles. The third-order valence-corrected chi connectivity index (χ3v) is 9.50. The molecule has 0 atom stereocenters. The Morgan fingerprint density at radius 2 is 0.406 bits per heavy atom. The molecule has 69 heavy (non-hydrogen) atoms. The third-order valence-electron chi connectivity index (χ3n) is 9.50. The van der Waals surface area contributed by atoms with Crippen molar-refractivity contribution in [2.45, 2.75) is 0 Å². The summed E-state index contributed by atoms with van der Waals surface area (Å²) in [5, 5.41) is 0. The largest absolute Gasteiger partial charge is 0.368 e. The molecule has 0 N–H and O–H groups in total. The summed E-state index contributed by atoms with van der Waals surface area (Å²) in [5.41, 5.74) is 9.69. The van der Waals surface area contributed by atoms with Gasteiger partial charge in [0.2, 0.25) is 0 Å². The van der Waals surface area contributed by atoms with Gasteiger partial charge < -0.3 is 0 Å². The van der Waals surface area contributed by atoms with Gasteiger partial charge in [0.15, 0.2) is 0 Å². The summed E-state index contributed by atoms with van der Waals surface area (Å²) < 4.78 is 122. The molecule has 9 rings (SSSR count). The van der Waals surface area contributed by atoms with E-state index in [2.05, 4.69) is 103 Å². The first-order chi connectivity index (χ1) is 32.8. The van der Waals surface area contributed by atoms with Crippen LogP contribution in [-0.4, -0.2) is 0 Å². The highest BCUT2D eigenvalue weighted by atomic mass is 35.7. The first kappa shape index (κ1) is 51.5. The molecule has 0 unspecified atom stereocenters. The van der Waals surface area contributed by atoms with E-state index >= 15 is 0 Å². The highest BCUT2D eigenvalue weighted by molar-refractivity contribution is 5.91. The lowest BCUT2D eigenvalue weighted by Gasteiger charge is -2.17. The molecular formula is C51H35Cl3O15. The van der Waals surface area contributed by atoms with Crippen LogP contribution in [0.4, 0.5) is 0 Å². The van der Waals surface area contributed by atoms with Gasteiger partial charge in [-0.2, -0.15) is 0 Å². The van der Waals surface area contributed by atoms with Crippen LogP contribution in [0.3, 0.4) is 0 Å². The third kappa shape index (κ3) is 16.7. The zero-order chi connectivity index (χ0) is 49.6. The molecule has 0 aliphatic rings. The molecule has 6 aromatic carbocycles. The second-order valence-electron chi connectivity index (χ2n) is 14.2. The highest BCUT2D eigenvalue weighted by Gasteiger charge is 2.33. The minimum Gasteiger partial charge on any atom is -0.222 e. The predicted octanol–water partition coefficient (Wildman–Crippen LogP) is 0.377. The van der Waals surface area contributed by atoms with E-state index in [1.165, 1.54) is 0 Å². The number of hydrogen-bond acceptors (Lipinski definition) is 12. The lowest BCUT2D eigenvalue weighted by molar-refractivity contribution is -2.00. The SMILES string of the molecule is [O-][Cl+3]([O-])([O-])[O-].[O-][Cl+3]([O-])([O-])[O-].[O-][Cl+3]([O-])([O-])[O-].c1ccc(-c2cc(-c3cc(-c4cc(-c5ccccc5)[o+]c(-c5ccccc5)c4)c(-c4ccccc4)[o+]c3-c3ccccc3)cc(-c3ccccc3)[o+]2)cc1. The lowest BCUT2D eigenvalue weighted by atomic mass is 9.92. The van der Waals surface area contributed by atoms with Crippen LogP contribution in [0.15, 0.2) is 226 Å². The van der Waals surface area contributed by atoms with E-state index in [-0.39, 0.29) is 0 Å². The number of hydrogen-bond donors (Lipinski definition) is 0. The number of rotatable bonds is 8. The molecule has 0 aliphatic carbocycles. The molecule has 0 saturated carbocycles. The Morgan fingerprint density at radius 3 is 0.609 bits per heavy atom. The van der Waals surface area contributed by atoms with Crippen molar-refractivity contribution in [3.8, 4) is 90.2 Å². The van der Waals surface area contributed by atoms with Crippen LogP contribution in [0.5, 0.6) is 0 Å². The molecule has 0 radical (unpaired) electrons. The number of halogens is 3. The summed E-state index contributed by atoms with van der Waals surface area (Å²) >= 11 is 0. The van der Waals surface area contributed by atoms with Gasteiger partial charge in [-0.05, 0) is 78.9 Å². The molecular weight excluding hydrogens is 959 g/mol. The van der Waals surface area contributed by atoms with Crippen LogP contribution in [0, 0.1) is 30.7 Å². The normalized spacial score (nSPS) is 11.2. The Hall–Kier alpha value is -6.84. The molecule has 9 aromatic rings. The van der Waals surface area contributed by atoms with Crippen molar-refractivity contribution in [2.24, 2.45) is 0 Å². The minimum atomic E-state index is -4.94. The van der Waals surface area contributed by atoms with Crippen molar-refractivity contribution in [1.82, 2.24) is 0 Å². The van der Waals surface area contributed by atoms with Crippen molar-refractivity contribution in [2.75, 3.05) is 0 Å². The Labute approximate surface area is 400 Å². The van der Waals surface area contributed by atoms with E-state index < -0.39 is 30.7 Å². The molecule has 15 nitrogen and oxygen atoms in total. The van der Waals surface area contributed by atoms with Gasteiger partial charge in [-0.25, -0.2) is 69.2 Å². The summed E-state index contributed by atoms with van der Waals surface area (Å²) in [5.74, 6) is 4.56. The van der Waals surface area contributed by atoms with Gasteiger partial charge in [-0.3, -0.25) is 0 Å². The quantitative estimate of drug-likeness (QED) is 0.186. The van der Waals surface area contributed by atoms with E-state index in [1.807, 2.05) is 109 Å². The van der Waals surface area contributed by atoms with Gasteiger partial charge in [-0.15, -0.1) is 30.7 Å². The van der Waals surface area contributed by atoms with Crippen LogP contribution in [-0.2, 0) is 0 Å². The molecule has 0 amide bonds. The van der Waals surface area contributed by atoms with Crippen molar-refractivity contribution in [3.05, 3.63) is 212 Å². The monoisotopic (exact) mass is 992 g/mol. The van der Waals surface area contributed by atoms with Crippen molar-refractivity contribution < 1.29 is 99.9 Å². The Bertz CT molecular complexity index is 2660. The predicted molar refractivity (Wildman–Crippen MR) is 220 cm³/mol. The van der Waals surface area contributed by atoms with Gasteiger partial charge in [0, 0.05) is 11.1 Å². The maximum atomic E-state index is 8.49. The second-order valence-corrected chi connectivity index (χ2v) is 16.5. The van der Waals surface area contributed by atoms with Crippen LogP contribution >= 0.6 is 0 Å². The van der Waals surface area contributed by atoms with Gasteiger partial charge >= 0.3 is 34.6 Å². The average Bonchev–Trinajstić information content (AvgIpc) is 3.33. The topological polar surface area (TPSA) is 311 Å². The minimum absolute atomic E-state index is 0.759. The maximum absolute atomic E-state index is 8.49. The van der Waals surface area contributed by atoms with Gasteiger partial charge in [0.25, 0.3) is 0 Å². The summed E-state index contributed by atoms with van der Waals surface area (Å²) in [6, 6.07) is 72.4. The van der Waals surface area contributed by atoms with E-state index in [1.54, 1.807) is 0 Å². The Kier molecular flexibility index (Phi) is 17.5. The fraction of sp³-hybridized carbons (Fsp3) is 0. The van der Waals surface area contributed by atoms with Gasteiger partial charge in [-0.1, -0.05) is 109 Å². The molecule has 0 saturated heterocycles. The molecule has 350 valence electrons. The van der Waals surface area contributed by atoms with Crippen LogP contribution in [0.2, 0.25) is 0 Å². The summed E-state index contributed by atoms with van der Waals surface area (Å²) in [6.07, 6.45) is 0. The average molecular weight is 994 g/mol. The number of benzene rings is 6. The zero-order valence-electron chi connectivity index (χ0n) is 35.5. The van der Waals surface area contributed by atoms with Crippen LogP contribution in [0.1, 0.15) is 0 Å². The van der Waals surface area contributed by atoms with E-state index in [4.69, 9.17) is 69.2 Å². The zero-order valence-corrected chi connectivity index (χ0v) is 37.7. The molecule has 3 aromatic heterocycles. The van der Waals surface area contributed by atoms with Crippen LogP contribution in [0.25, 0.3) is 90.2 Å². The molecule has 18 heteroatoms. The summed E-state index contributed by atoms with van der Waals surface area (Å²) in [6.45, 7) is 0. The van der Waals surface area contributed by atoms with Crippen molar-refractivity contribution in [1.29, 1.82) is 0 Å². The van der Waals surface area contributed by atoms with E-state index in [0.29, 0.717) is 0 Å². The fourth-order valence-corrected chi connectivity index (χ4v) is 6.82. The molecule has 0 spiro atoms. The van der Waals surface area contributed by atoms with Gasteiger partial charge in [0.1, 0.15) is 0 Å². The Morgan fingerprint density at radius 1 is 0.217 bits per heavy atom. The first-order valence-electron chi connectivity index (χ1n) is 19.9. The molecule has 0 bridgehead atoms. The van der Waals surface area contributed by atoms with Gasteiger partial charge in [0.05, 0.1) is 68.8 Å². The smallest absolute Gasteiger partial charge is 0.222 e. The summed E-state index contributed by atoms with van der Waals surface area (Å²) in [7, 11) is -14.8. The summed E-state index contributed by atoms with van der Waals surface area (Å²) in [4.78, 5) is 0. The second kappa shape index (κ2) is 23.4. The lowest BCUT2D eigenvalue weighted by Crippen LogP contribution is -2.68. The van der Waals surface area contributed by atoms with Crippen LogP contribution < -0.4 is 55.9 Å². The van der Waals surface area contributed by atoms with E-state index in [9.17, 15) is 0 Å². The molecule has 0 fully saturated rings. The highest BCUT2D eigenvalue weighted by Crippen LogP contribution is 2.45.